The normalized spacial score (nSPS) is 32.4. The van der Waals surface area contributed by atoms with Crippen LogP contribution in [0.5, 0.6) is 0 Å². The third-order valence-electron chi connectivity index (χ3n) is 4.51. The molecule has 0 aliphatic carbocycles. The summed E-state index contributed by atoms with van der Waals surface area (Å²) in [7, 11) is 0. The molecular formula is C16H15N. The lowest BCUT2D eigenvalue weighted by molar-refractivity contribution is 0.416. The second-order valence-corrected chi connectivity index (χ2v) is 5.47. The van der Waals surface area contributed by atoms with E-state index in [-0.39, 0.29) is 11.1 Å². The minimum Gasteiger partial charge on any atom is -0.291 e. The molecule has 84 valence electrons. The second-order valence-electron chi connectivity index (χ2n) is 5.47. The highest BCUT2D eigenvalue weighted by atomic mass is 15.1. The molecule has 2 heterocycles. The van der Waals surface area contributed by atoms with Crippen LogP contribution in [-0.2, 0) is 11.1 Å². The van der Waals surface area contributed by atoms with E-state index in [1.54, 1.807) is 0 Å². The van der Waals surface area contributed by atoms with Crippen molar-refractivity contribution in [3.63, 3.8) is 0 Å². The molecule has 0 unspecified atom stereocenters. The second kappa shape index (κ2) is 2.62. The summed E-state index contributed by atoms with van der Waals surface area (Å²) in [5.41, 5.74) is 5.70. The van der Waals surface area contributed by atoms with Crippen LogP contribution in [-0.4, -0.2) is 0 Å². The first kappa shape index (κ1) is 9.43. The summed E-state index contributed by atoms with van der Waals surface area (Å²) < 4.78 is 0. The van der Waals surface area contributed by atoms with Gasteiger partial charge in [-0.15, -0.1) is 0 Å². The van der Waals surface area contributed by atoms with Gasteiger partial charge in [-0.2, -0.15) is 0 Å². The van der Waals surface area contributed by atoms with Crippen molar-refractivity contribution in [3.05, 3.63) is 70.8 Å². The maximum absolute atomic E-state index is 3.81. The van der Waals surface area contributed by atoms with Gasteiger partial charge in [-0.1, -0.05) is 48.5 Å². The molecule has 0 radical (unpaired) electrons. The lowest BCUT2D eigenvalue weighted by atomic mass is 9.74. The van der Waals surface area contributed by atoms with E-state index in [4.69, 9.17) is 0 Å². The summed E-state index contributed by atoms with van der Waals surface area (Å²) in [6.45, 7) is 4.59. The molecule has 0 fully saturated rings. The first-order valence-electron chi connectivity index (χ1n) is 6.15. The van der Waals surface area contributed by atoms with Gasteiger partial charge in [0.1, 0.15) is 0 Å². The summed E-state index contributed by atoms with van der Waals surface area (Å²) in [5, 5.41) is 3.81. The van der Waals surface area contributed by atoms with E-state index in [0.717, 1.165) is 0 Å². The summed E-state index contributed by atoms with van der Waals surface area (Å²) in [4.78, 5) is 0. The molecule has 4 rings (SSSR count). The smallest absolute Gasteiger partial charge is 0.0678 e. The standard InChI is InChI=1S/C16H15N/c1-15-11-7-3-5-9-13(11)16(2,17-15)14-10-6-4-8-12(14)15/h3-10,17H,1-2H3. The van der Waals surface area contributed by atoms with Gasteiger partial charge in [-0.3, -0.25) is 5.32 Å². The first-order valence-corrected chi connectivity index (χ1v) is 6.15. The molecule has 2 bridgehead atoms. The zero-order chi connectivity index (χ0) is 11.7. The van der Waals surface area contributed by atoms with E-state index in [2.05, 4.69) is 67.7 Å². The van der Waals surface area contributed by atoms with Crippen molar-refractivity contribution in [1.29, 1.82) is 0 Å². The van der Waals surface area contributed by atoms with Gasteiger partial charge in [-0.25, -0.2) is 0 Å². The largest absolute Gasteiger partial charge is 0.291 e. The molecule has 2 aromatic rings. The van der Waals surface area contributed by atoms with E-state index in [9.17, 15) is 0 Å². The van der Waals surface area contributed by atoms with Gasteiger partial charge in [0.15, 0.2) is 0 Å². The van der Waals surface area contributed by atoms with E-state index >= 15 is 0 Å². The maximum atomic E-state index is 3.81. The number of rotatable bonds is 0. The van der Waals surface area contributed by atoms with Gasteiger partial charge in [0.25, 0.3) is 0 Å². The fraction of sp³-hybridized carbons (Fsp3) is 0.250. The molecule has 2 aliphatic heterocycles. The Morgan fingerprint density at radius 3 is 1.24 bits per heavy atom. The van der Waals surface area contributed by atoms with Crippen molar-refractivity contribution in [3.8, 4) is 0 Å². The molecule has 1 nitrogen and oxygen atoms in total. The Kier molecular flexibility index (Phi) is 1.46. The molecule has 2 aliphatic rings. The highest BCUT2D eigenvalue weighted by molar-refractivity contribution is 5.63. The SMILES string of the molecule is CC12NC(C)(c3ccccc31)c1ccccc12. The van der Waals surface area contributed by atoms with Gasteiger partial charge in [-0.05, 0) is 36.1 Å². The first-order chi connectivity index (χ1) is 8.16. The fourth-order valence-corrected chi connectivity index (χ4v) is 3.77. The third-order valence-corrected chi connectivity index (χ3v) is 4.51. The molecule has 17 heavy (non-hydrogen) atoms. The molecule has 0 saturated heterocycles. The molecule has 0 amide bonds. The van der Waals surface area contributed by atoms with Crippen molar-refractivity contribution in [2.45, 2.75) is 24.9 Å². The Bertz CT molecular complexity index is 525. The topological polar surface area (TPSA) is 12.0 Å². The highest BCUT2D eigenvalue weighted by Gasteiger charge is 2.55. The monoisotopic (exact) mass is 221 g/mol. The molecule has 0 spiro atoms. The number of nitrogens with one attached hydrogen (secondary N) is 1. The van der Waals surface area contributed by atoms with Crippen LogP contribution in [0.3, 0.4) is 0 Å². The molecule has 0 saturated carbocycles. The lowest BCUT2D eigenvalue weighted by Crippen LogP contribution is -2.36. The zero-order valence-corrected chi connectivity index (χ0v) is 10.1. The third kappa shape index (κ3) is 0.872. The number of hydrogen-bond acceptors (Lipinski definition) is 1. The van der Waals surface area contributed by atoms with Crippen LogP contribution in [0.2, 0.25) is 0 Å². The highest BCUT2D eigenvalue weighted by Crippen LogP contribution is 2.55. The average molecular weight is 221 g/mol. The van der Waals surface area contributed by atoms with Gasteiger partial charge < -0.3 is 0 Å². The van der Waals surface area contributed by atoms with Crippen molar-refractivity contribution in [2.24, 2.45) is 0 Å². The molecular weight excluding hydrogens is 206 g/mol. The minimum absolute atomic E-state index is 0.0120. The zero-order valence-electron chi connectivity index (χ0n) is 10.1. The Labute approximate surface area is 101 Å². The predicted molar refractivity (Wildman–Crippen MR) is 68.9 cm³/mol. The molecule has 1 heteroatoms. The fourth-order valence-electron chi connectivity index (χ4n) is 3.77. The summed E-state index contributed by atoms with van der Waals surface area (Å²) in [6, 6.07) is 17.6. The molecule has 1 N–H and O–H groups in total. The summed E-state index contributed by atoms with van der Waals surface area (Å²) in [5.74, 6) is 0. The van der Waals surface area contributed by atoms with Gasteiger partial charge in [0.05, 0.1) is 11.1 Å². The van der Waals surface area contributed by atoms with Crippen LogP contribution >= 0.6 is 0 Å². The van der Waals surface area contributed by atoms with Crippen molar-refractivity contribution >= 4 is 0 Å². The summed E-state index contributed by atoms with van der Waals surface area (Å²) in [6.07, 6.45) is 0. The van der Waals surface area contributed by atoms with Gasteiger partial charge >= 0.3 is 0 Å². The van der Waals surface area contributed by atoms with Crippen LogP contribution in [0.1, 0.15) is 36.1 Å². The lowest BCUT2D eigenvalue weighted by Gasteiger charge is -2.27. The predicted octanol–water partition coefficient (Wildman–Crippen LogP) is 3.13. The van der Waals surface area contributed by atoms with E-state index in [0.29, 0.717) is 0 Å². The van der Waals surface area contributed by atoms with E-state index in [1.165, 1.54) is 22.3 Å². The Morgan fingerprint density at radius 2 is 0.941 bits per heavy atom. The molecule has 0 atom stereocenters. The van der Waals surface area contributed by atoms with Crippen LogP contribution in [0.15, 0.2) is 48.5 Å². The average Bonchev–Trinajstić information content (AvgIpc) is 2.75. The Balaban J connectivity index is 2.15. The van der Waals surface area contributed by atoms with Crippen LogP contribution < -0.4 is 5.32 Å². The van der Waals surface area contributed by atoms with E-state index < -0.39 is 0 Å². The van der Waals surface area contributed by atoms with Crippen LogP contribution in [0.25, 0.3) is 0 Å². The number of benzene rings is 2. The van der Waals surface area contributed by atoms with Crippen molar-refractivity contribution < 1.29 is 0 Å². The quantitative estimate of drug-likeness (QED) is 0.720. The molecule has 0 aromatic heterocycles. The van der Waals surface area contributed by atoms with Gasteiger partial charge in [0.2, 0.25) is 0 Å². The Hall–Kier alpha value is -1.60. The molecule has 2 aromatic carbocycles. The summed E-state index contributed by atoms with van der Waals surface area (Å²) >= 11 is 0. The maximum Gasteiger partial charge on any atom is 0.0678 e. The minimum atomic E-state index is -0.0120. The number of hydrogen-bond donors (Lipinski definition) is 1. The van der Waals surface area contributed by atoms with Crippen LogP contribution in [0, 0.1) is 0 Å². The Morgan fingerprint density at radius 1 is 0.647 bits per heavy atom. The van der Waals surface area contributed by atoms with Crippen molar-refractivity contribution in [1.82, 2.24) is 5.32 Å². The van der Waals surface area contributed by atoms with Crippen molar-refractivity contribution in [2.75, 3.05) is 0 Å². The number of fused-ring (bicyclic) bond motifs is 8. The van der Waals surface area contributed by atoms with Gasteiger partial charge in [0, 0.05) is 0 Å². The van der Waals surface area contributed by atoms with E-state index in [1.807, 2.05) is 0 Å². The van der Waals surface area contributed by atoms with Crippen LogP contribution in [0.4, 0.5) is 0 Å².